The van der Waals surface area contributed by atoms with Gasteiger partial charge in [-0.25, -0.2) is 9.78 Å². The molecule has 0 aliphatic carbocycles. The average molecular weight is 209 g/mol. The first-order valence-electron chi connectivity index (χ1n) is 4.83. The molecular formula is C10H15N3O2. The zero-order valence-electron chi connectivity index (χ0n) is 8.48. The van der Waals surface area contributed by atoms with Crippen LogP contribution in [0.5, 0.6) is 0 Å². The molecule has 82 valence electrons. The average Bonchev–Trinajstić information content (AvgIpc) is 2.68. The van der Waals surface area contributed by atoms with Crippen LogP contribution >= 0.6 is 0 Å². The second kappa shape index (κ2) is 6.64. The molecular weight excluding hydrogens is 194 g/mol. The summed E-state index contributed by atoms with van der Waals surface area (Å²) in [6, 6.07) is 0. The number of ether oxygens (including phenoxy) is 1. The molecule has 0 saturated carbocycles. The van der Waals surface area contributed by atoms with Gasteiger partial charge in [0.15, 0.2) is 0 Å². The van der Waals surface area contributed by atoms with Crippen LogP contribution < -0.4 is 5.73 Å². The number of carbonyl (C=O) groups is 1. The Kier molecular flexibility index (Phi) is 5.00. The van der Waals surface area contributed by atoms with E-state index in [1.165, 1.54) is 0 Å². The first kappa shape index (κ1) is 11.3. The molecule has 3 N–H and O–H groups in total. The molecule has 0 unspecified atom stereocenters. The number of nitrogens with two attached hydrogens (primary N) is 1. The molecule has 0 saturated heterocycles. The number of hydrogen-bond donors (Lipinski definition) is 2. The fourth-order valence-corrected chi connectivity index (χ4v) is 1.15. The third-order valence-electron chi connectivity index (χ3n) is 1.86. The van der Waals surface area contributed by atoms with Crippen LogP contribution in [0.1, 0.15) is 18.5 Å². The largest absolute Gasteiger partial charge is 0.445 e. The third kappa shape index (κ3) is 5.51. The van der Waals surface area contributed by atoms with E-state index in [1.54, 1.807) is 12.4 Å². The highest BCUT2D eigenvalue weighted by atomic mass is 16.5. The van der Waals surface area contributed by atoms with Crippen molar-refractivity contribution in [2.75, 3.05) is 6.61 Å². The van der Waals surface area contributed by atoms with E-state index in [2.05, 4.69) is 14.7 Å². The number of H-pyrrole nitrogens is 1. The lowest BCUT2D eigenvalue weighted by Crippen LogP contribution is -2.12. The number of primary amides is 1. The van der Waals surface area contributed by atoms with Crippen LogP contribution in [-0.2, 0) is 11.2 Å². The number of aromatic amines is 1. The zero-order valence-corrected chi connectivity index (χ0v) is 8.48. The molecule has 0 aliphatic rings. The van der Waals surface area contributed by atoms with E-state index in [9.17, 15) is 4.79 Å². The number of imidazole rings is 1. The molecule has 0 aromatic carbocycles. The number of aromatic nitrogens is 2. The van der Waals surface area contributed by atoms with Gasteiger partial charge in [-0.1, -0.05) is 12.2 Å². The number of unbranched alkanes of at least 4 members (excludes halogenated alkanes) is 1. The molecule has 0 fully saturated rings. The number of nitrogens with zero attached hydrogens (tertiary/aromatic N) is 1. The Morgan fingerprint density at radius 3 is 3.13 bits per heavy atom. The van der Waals surface area contributed by atoms with Crippen LogP contribution in [-0.4, -0.2) is 22.7 Å². The van der Waals surface area contributed by atoms with Crippen molar-refractivity contribution in [2.24, 2.45) is 5.73 Å². The van der Waals surface area contributed by atoms with Crippen LogP contribution in [0.25, 0.3) is 0 Å². The molecule has 1 rings (SSSR count). The Bertz CT molecular complexity index is 306. The first-order valence-corrected chi connectivity index (χ1v) is 4.83. The maximum Gasteiger partial charge on any atom is 0.404 e. The smallest absolute Gasteiger partial charge is 0.404 e. The summed E-state index contributed by atoms with van der Waals surface area (Å²) in [5.41, 5.74) is 5.93. The maximum absolute atomic E-state index is 10.2. The Morgan fingerprint density at radius 2 is 2.47 bits per heavy atom. The summed E-state index contributed by atoms with van der Waals surface area (Å²) in [7, 11) is 0. The van der Waals surface area contributed by atoms with Crippen molar-refractivity contribution in [3.63, 3.8) is 0 Å². The minimum absolute atomic E-state index is 0.249. The van der Waals surface area contributed by atoms with Crippen LogP contribution in [0, 0.1) is 0 Å². The molecule has 1 heterocycles. The molecule has 0 spiro atoms. The molecule has 1 aromatic heterocycles. The minimum atomic E-state index is -0.739. The number of rotatable bonds is 6. The lowest BCUT2D eigenvalue weighted by Gasteiger charge is -1.95. The summed E-state index contributed by atoms with van der Waals surface area (Å²) in [6.07, 6.45) is 9.47. The highest BCUT2D eigenvalue weighted by molar-refractivity contribution is 5.64. The summed E-state index contributed by atoms with van der Waals surface area (Å²) in [4.78, 5) is 17.2. The molecule has 15 heavy (non-hydrogen) atoms. The van der Waals surface area contributed by atoms with Crippen molar-refractivity contribution in [2.45, 2.75) is 19.3 Å². The maximum atomic E-state index is 10.2. The van der Waals surface area contributed by atoms with E-state index in [0.717, 1.165) is 25.0 Å². The van der Waals surface area contributed by atoms with Gasteiger partial charge in [0.05, 0.1) is 6.33 Å². The van der Waals surface area contributed by atoms with Gasteiger partial charge in [-0.15, -0.1) is 0 Å². The van der Waals surface area contributed by atoms with Crippen molar-refractivity contribution in [3.8, 4) is 0 Å². The Hall–Kier alpha value is -1.78. The van der Waals surface area contributed by atoms with Crippen LogP contribution in [0.2, 0.25) is 0 Å². The Labute approximate surface area is 88.3 Å². The van der Waals surface area contributed by atoms with Gasteiger partial charge in [-0.2, -0.15) is 0 Å². The fraction of sp³-hybridized carbons (Fsp3) is 0.400. The zero-order chi connectivity index (χ0) is 10.9. The minimum Gasteiger partial charge on any atom is -0.445 e. The summed E-state index contributed by atoms with van der Waals surface area (Å²) < 4.78 is 4.53. The molecule has 1 aromatic rings. The molecule has 0 bridgehead atoms. The number of carbonyl (C=O) groups excluding carboxylic acids is 1. The van der Waals surface area contributed by atoms with Crippen LogP contribution in [0.3, 0.4) is 0 Å². The molecule has 5 heteroatoms. The van der Waals surface area contributed by atoms with Gasteiger partial charge in [-0.3, -0.25) is 0 Å². The standard InChI is InChI=1S/C10H15N3O2/c11-10(14)15-6-4-2-1-3-5-9-7-12-8-13-9/h2,4,7-8H,1,3,5-6H2,(H2,11,14)(H,12,13). The molecule has 0 atom stereocenters. The second-order valence-corrected chi connectivity index (χ2v) is 3.07. The molecule has 0 radical (unpaired) electrons. The highest BCUT2D eigenvalue weighted by Crippen LogP contribution is 2.00. The van der Waals surface area contributed by atoms with E-state index < -0.39 is 6.09 Å². The Morgan fingerprint density at radius 1 is 1.60 bits per heavy atom. The number of nitrogens with one attached hydrogen (secondary N) is 1. The summed E-state index contributed by atoms with van der Waals surface area (Å²) >= 11 is 0. The molecule has 1 amide bonds. The number of aryl methyl sites for hydroxylation is 1. The van der Waals surface area contributed by atoms with Gasteiger partial charge in [0.1, 0.15) is 6.61 Å². The van der Waals surface area contributed by atoms with E-state index >= 15 is 0 Å². The fourth-order valence-electron chi connectivity index (χ4n) is 1.15. The van der Waals surface area contributed by atoms with E-state index in [4.69, 9.17) is 5.73 Å². The topological polar surface area (TPSA) is 81.0 Å². The van der Waals surface area contributed by atoms with Crippen molar-refractivity contribution in [1.82, 2.24) is 9.97 Å². The van der Waals surface area contributed by atoms with Gasteiger partial charge < -0.3 is 15.5 Å². The van der Waals surface area contributed by atoms with Crippen LogP contribution in [0.4, 0.5) is 4.79 Å². The summed E-state index contributed by atoms with van der Waals surface area (Å²) in [6.45, 7) is 0.249. The van der Waals surface area contributed by atoms with Crippen molar-refractivity contribution >= 4 is 6.09 Å². The van der Waals surface area contributed by atoms with Crippen molar-refractivity contribution in [1.29, 1.82) is 0 Å². The first-order chi connectivity index (χ1) is 7.29. The third-order valence-corrected chi connectivity index (χ3v) is 1.86. The number of amides is 1. The number of allylic oxidation sites excluding steroid dienone is 1. The predicted octanol–water partition coefficient (Wildman–Crippen LogP) is 1.38. The van der Waals surface area contributed by atoms with Gasteiger partial charge in [0, 0.05) is 11.9 Å². The second-order valence-electron chi connectivity index (χ2n) is 3.07. The summed E-state index contributed by atoms with van der Waals surface area (Å²) in [5.74, 6) is 0. The normalized spacial score (nSPS) is 10.7. The molecule has 5 nitrogen and oxygen atoms in total. The molecule has 0 aliphatic heterocycles. The highest BCUT2D eigenvalue weighted by Gasteiger charge is 1.92. The predicted molar refractivity (Wildman–Crippen MR) is 56.2 cm³/mol. The quantitative estimate of drug-likeness (QED) is 0.548. The van der Waals surface area contributed by atoms with Crippen LogP contribution in [0.15, 0.2) is 24.7 Å². The Balaban J connectivity index is 1.99. The van der Waals surface area contributed by atoms with Gasteiger partial charge in [-0.05, 0) is 19.3 Å². The monoisotopic (exact) mass is 209 g/mol. The number of hydrogen-bond acceptors (Lipinski definition) is 3. The van der Waals surface area contributed by atoms with Crippen molar-refractivity contribution < 1.29 is 9.53 Å². The SMILES string of the molecule is NC(=O)OCC=CCCCc1cnc[nH]1. The van der Waals surface area contributed by atoms with E-state index in [-0.39, 0.29) is 6.61 Å². The lowest BCUT2D eigenvalue weighted by atomic mass is 10.2. The summed E-state index contributed by atoms with van der Waals surface area (Å²) in [5, 5.41) is 0. The van der Waals surface area contributed by atoms with E-state index in [0.29, 0.717) is 0 Å². The lowest BCUT2D eigenvalue weighted by molar-refractivity contribution is 0.169. The van der Waals surface area contributed by atoms with Gasteiger partial charge in [0.25, 0.3) is 0 Å². The van der Waals surface area contributed by atoms with Gasteiger partial charge >= 0.3 is 6.09 Å². The van der Waals surface area contributed by atoms with E-state index in [1.807, 2.05) is 12.3 Å². The van der Waals surface area contributed by atoms with Crippen molar-refractivity contribution in [3.05, 3.63) is 30.4 Å². The van der Waals surface area contributed by atoms with Gasteiger partial charge in [0.2, 0.25) is 0 Å².